The van der Waals surface area contributed by atoms with E-state index in [9.17, 15) is 0 Å². The third kappa shape index (κ3) is 6.11. The van der Waals surface area contributed by atoms with Crippen molar-refractivity contribution in [2.45, 2.75) is 103 Å². The van der Waals surface area contributed by atoms with Gasteiger partial charge < -0.3 is 0 Å². The molecular weight excluding hydrogens is 585 g/mol. The zero-order valence-electron chi connectivity index (χ0n) is 29.7. The summed E-state index contributed by atoms with van der Waals surface area (Å²) >= 11 is 0. The molecule has 0 aliphatic heterocycles. The summed E-state index contributed by atoms with van der Waals surface area (Å²) in [5.41, 5.74) is 19.5. The fourth-order valence-electron chi connectivity index (χ4n) is 7.45. The number of allylic oxidation sites excluding steroid dienone is 2. The summed E-state index contributed by atoms with van der Waals surface area (Å²) in [4.78, 5) is 0. The number of rotatable bonds is 7. The van der Waals surface area contributed by atoms with Crippen LogP contribution in [-0.4, -0.2) is 17.4 Å². The van der Waals surface area contributed by atoms with Crippen molar-refractivity contribution in [1.82, 2.24) is 0 Å². The molecule has 235 valence electrons. The van der Waals surface area contributed by atoms with Gasteiger partial charge in [0.25, 0.3) is 0 Å². The summed E-state index contributed by atoms with van der Waals surface area (Å²) in [6, 6.07) is 32.9. The van der Waals surface area contributed by atoms with Crippen molar-refractivity contribution in [1.29, 1.82) is 0 Å². The maximum atomic E-state index is 2.54. The van der Waals surface area contributed by atoms with Gasteiger partial charge in [0.15, 0.2) is 0 Å². The maximum Gasteiger partial charge on any atom is 0.0625 e. The molecule has 0 spiro atoms. The molecule has 2 aliphatic carbocycles. The number of benzene rings is 4. The van der Waals surface area contributed by atoms with Gasteiger partial charge in [-0.05, 0) is 91.4 Å². The summed E-state index contributed by atoms with van der Waals surface area (Å²) in [6.45, 7) is 23.5. The van der Waals surface area contributed by atoms with Crippen LogP contribution < -0.4 is 0 Å². The highest BCUT2D eigenvalue weighted by Gasteiger charge is 2.42. The van der Waals surface area contributed by atoms with Gasteiger partial charge in [0.1, 0.15) is 0 Å². The molecule has 0 fully saturated rings. The summed E-state index contributed by atoms with van der Waals surface area (Å²) in [5, 5.41) is 0. The first kappa shape index (κ1) is 32.7. The molecule has 3 unspecified atom stereocenters. The monoisotopic (exact) mass is 635 g/mol. The Bertz CT molecular complexity index is 1660. The van der Waals surface area contributed by atoms with Crippen molar-refractivity contribution in [3.63, 3.8) is 0 Å². The van der Waals surface area contributed by atoms with E-state index in [0.29, 0.717) is 11.1 Å². The Hall–Kier alpha value is -3.21. The van der Waals surface area contributed by atoms with Crippen LogP contribution >= 0.6 is 0 Å². The van der Waals surface area contributed by atoms with Gasteiger partial charge in [0.05, 0.1) is 8.31 Å². The van der Waals surface area contributed by atoms with Gasteiger partial charge in [-0.25, -0.2) is 0 Å². The van der Waals surface area contributed by atoms with Crippen LogP contribution in [0.4, 0.5) is 0 Å². The van der Waals surface area contributed by atoms with E-state index in [4.69, 9.17) is 0 Å². The summed E-state index contributed by atoms with van der Waals surface area (Å²) in [5.74, 6) is 0. The van der Waals surface area contributed by atoms with Gasteiger partial charge >= 0.3 is 0 Å². The molecular formula is C44H51Si2. The van der Waals surface area contributed by atoms with E-state index in [1.165, 1.54) is 50.9 Å². The Kier molecular flexibility index (Phi) is 8.84. The first-order valence-electron chi connectivity index (χ1n) is 17.2. The molecule has 0 nitrogen and oxygen atoms in total. The highest BCUT2D eigenvalue weighted by Crippen LogP contribution is 2.50. The molecule has 4 aromatic rings. The predicted molar refractivity (Wildman–Crippen MR) is 205 cm³/mol. The lowest BCUT2D eigenvalue weighted by atomic mass is 9.86. The molecule has 4 aromatic carbocycles. The van der Waals surface area contributed by atoms with Gasteiger partial charge in [-0.3, -0.25) is 0 Å². The van der Waals surface area contributed by atoms with E-state index in [0.717, 1.165) is 14.6 Å². The largest absolute Gasteiger partial charge is 0.0684 e. The second kappa shape index (κ2) is 12.4. The minimum absolute atomic E-state index is 0.158. The zero-order chi connectivity index (χ0) is 33.0. The van der Waals surface area contributed by atoms with E-state index in [2.05, 4.69) is 166 Å². The van der Waals surface area contributed by atoms with E-state index in [-0.39, 0.29) is 10.8 Å². The molecule has 0 aromatic heterocycles. The van der Waals surface area contributed by atoms with Crippen LogP contribution in [0.25, 0.3) is 34.4 Å². The Morgan fingerprint density at radius 2 is 1.00 bits per heavy atom. The van der Waals surface area contributed by atoms with Crippen LogP contribution in [0.15, 0.2) is 96.1 Å². The maximum absolute atomic E-state index is 2.54. The Morgan fingerprint density at radius 1 is 0.609 bits per heavy atom. The average Bonchev–Trinajstić information content (AvgIpc) is 3.54. The van der Waals surface area contributed by atoms with Crippen LogP contribution in [0.1, 0.15) is 120 Å². The van der Waals surface area contributed by atoms with Crippen molar-refractivity contribution in [2.75, 3.05) is 0 Å². The highest BCUT2D eigenvalue weighted by atomic mass is 29.2. The van der Waals surface area contributed by atoms with E-state index >= 15 is 0 Å². The van der Waals surface area contributed by atoms with Gasteiger partial charge in [-0.2, -0.15) is 0 Å². The van der Waals surface area contributed by atoms with Crippen LogP contribution in [-0.2, 0) is 10.8 Å². The van der Waals surface area contributed by atoms with Crippen LogP contribution in [0.3, 0.4) is 0 Å². The molecule has 0 amide bonds. The molecule has 6 rings (SSSR count). The smallest absolute Gasteiger partial charge is 0.0625 e. The van der Waals surface area contributed by atoms with Crippen molar-refractivity contribution in [3.05, 3.63) is 129 Å². The average molecular weight is 636 g/mol. The molecule has 2 heteroatoms. The fourth-order valence-corrected chi connectivity index (χ4v) is 16.8. The molecule has 0 saturated heterocycles. The lowest BCUT2D eigenvalue weighted by molar-refractivity contribution is 0.590. The van der Waals surface area contributed by atoms with Crippen LogP contribution in [0.2, 0.25) is 5.54 Å². The Labute approximate surface area is 283 Å². The van der Waals surface area contributed by atoms with Gasteiger partial charge in [0, 0.05) is 9.04 Å². The summed E-state index contributed by atoms with van der Waals surface area (Å²) in [6.07, 6.45) is 6.33. The minimum atomic E-state index is -0.888. The van der Waals surface area contributed by atoms with E-state index < -0.39 is 8.31 Å². The molecule has 0 saturated carbocycles. The quantitative estimate of drug-likeness (QED) is 0.177. The summed E-state index contributed by atoms with van der Waals surface area (Å²) in [7, 11) is 0.103. The molecule has 3 atom stereocenters. The first-order valence-corrected chi connectivity index (χ1v) is 21.0. The van der Waals surface area contributed by atoms with Crippen molar-refractivity contribution >= 4 is 29.5 Å². The Balaban J connectivity index is 1.41. The molecule has 0 heterocycles. The standard InChI is InChI=1S/C44H51Si2/c1-11-30(4)45-46(41-28(2)26-39-35(14-12-16-37(39)41)31-18-22-33(23-19-31)43(5,6)7)42-29(3)27-40-36(15-13-17-38(40)42)32-20-24-34(25-21-32)44(8,9)10/h12-27,30,41-42H,11H2,1-10H3. The Morgan fingerprint density at radius 3 is 1.35 bits per heavy atom. The number of hydrogen-bond donors (Lipinski definition) is 0. The van der Waals surface area contributed by atoms with Crippen molar-refractivity contribution in [3.8, 4) is 22.3 Å². The number of hydrogen-bond acceptors (Lipinski definition) is 0. The van der Waals surface area contributed by atoms with Crippen LogP contribution in [0.5, 0.6) is 0 Å². The van der Waals surface area contributed by atoms with Gasteiger partial charge in [0.2, 0.25) is 0 Å². The lowest BCUT2D eigenvalue weighted by Gasteiger charge is -2.33. The lowest BCUT2D eigenvalue weighted by Crippen LogP contribution is -2.39. The normalized spacial score (nSPS) is 18.3. The predicted octanol–water partition coefficient (Wildman–Crippen LogP) is 12.3. The molecule has 3 radical (unpaired) electrons. The van der Waals surface area contributed by atoms with Gasteiger partial charge in [-0.15, -0.1) is 0 Å². The second-order valence-electron chi connectivity index (χ2n) is 15.8. The SMILES string of the molecule is CCC(C)[Si][Si](C1C(C)=Cc2c(-c3ccc(C(C)(C)C)cc3)cccc21)C1C(C)=Cc2c(-c3ccc(C(C)(C)C)cc3)cccc21. The highest BCUT2D eigenvalue weighted by molar-refractivity contribution is 7.14. The van der Waals surface area contributed by atoms with Crippen molar-refractivity contribution in [2.24, 2.45) is 0 Å². The molecule has 0 bridgehead atoms. The van der Waals surface area contributed by atoms with Gasteiger partial charge in [-0.1, -0.05) is 176 Å². The van der Waals surface area contributed by atoms with Crippen molar-refractivity contribution < 1.29 is 0 Å². The number of fused-ring (bicyclic) bond motifs is 2. The van der Waals surface area contributed by atoms with Crippen LogP contribution in [0, 0.1) is 0 Å². The zero-order valence-corrected chi connectivity index (χ0v) is 31.7. The molecule has 2 aliphatic rings. The topological polar surface area (TPSA) is 0 Å². The summed E-state index contributed by atoms with van der Waals surface area (Å²) < 4.78 is 0. The van der Waals surface area contributed by atoms with E-state index in [1.807, 2.05) is 0 Å². The third-order valence-corrected chi connectivity index (χ3v) is 18.5. The fraction of sp³-hybridized carbons (Fsp3) is 0.364. The third-order valence-electron chi connectivity index (χ3n) is 10.3. The molecule has 0 N–H and O–H groups in total. The molecule has 46 heavy (non-hydrogen) atoms. The second-order valence-corrected chi connectivity index (χ2v) is 21.8. The minimum Gasteiger partial charge on any atom is -0.0684 e. The first-order chi connectivity index (χ1) is 21.8. The van der Waals surface area contributed by atoms with E-state index in [1.54, 1.807) is 22.3 Å².